The van der Waals surface area contributed by atoms with Crippen LogP contribution in [-0.4, -0.2) is 29.7 Å². The number of esters is 1. The zero-order chi connectivity index (χ0) is 15.1. The molecule has 0 saturated carbocycles. The molecule has 1 fully saturated rings. The number of ether oxygens (including phenoxy) is 2. The van der Waals surface area contributed by atoms with Crippen molar-refractivity contribution in [2.24, 2.45) is 0 Å². The first-order chi connectivity index (χ1) is 10.2. The molecule has 1 amide bonds. The van der Waals surface area contributed by atoms with Crippen molar-refractivity contribution in [2.75, 3.05) is 6.73 Å². The Morgan fingerprint density at radius 3 is 2.90 bits per heavy atom. The molecule has 0 aliphatic carbocycles. The molecule has 1 heterocycles. The van der Waals surface area contributed by atoms with E-state index >= 15 is 0 Å². The topological polar surface area (TPSA) is 55.8 Å². The summed E-state index contributed by atoms with van der Waals surface area (Å²) in [5, 5.41) is 0. The molecule has 1 aliphatic heterocycles. The van der Waals surface area contributed by atoms with Crippen LogP contribution < -0.4 is 0 Å². The van der Waals surface area contributed by atoms with Crippen molar-refractivity contribution >= 4 is 12.1 Å². The molecule has 1 aromatic carbocycles. The van der Waals surface area contributed by atoms with Crippen molar-refractivity contribution in [1.29, 1.82) is 0 Å². The third-order valence-corrected chi connectivity index (χ3v) is 3.32. The smallest absolute Gasteiger partial charge is 0.413 e. The Morgan fingerprint density at radius 2 is 2.19 bits per heavy atom. The molecule has 5 nitrogen and oxygen atoms in total. The number of carbonyl (C=O) groups excluding carboxylic acids is 2. The van der Waals surface area contributed by atoms with Crippen molar-refractivity contribution in [3.63, 3.8) is 0 Å². The number of hydrogen-bond donors (Lipinski definition) is 0. The highest BCUT2D eigenvalue weighted by atomic mass is 16.6. The second-order valence-corrected chi connectivity index (χ2v) is 4.84. The Kier molecular flexibility index (Phi) is 5.37. The molecule has 1 aliphatic rings. The van der Waals surface area contributed by atoms with Gasteiger partial charge in [-0.2, -0.15) is 0 Å². The summed E-state index contributed by atoms with van der Waals surface area (Å²) in [5.41, 5.74) is 0.903. The molecule has 5 heteroatoms. The van der Waals surface area contributed by atoms with Gasteiger partial charge in [-0.05, 0) is 24.8 Å². The van der Waals surface area contributed by atoms with Gasteiger partial charge in [0.1, 0.15) is 12.6 Å². The predicted octanol–water partition coefficient (Wildman–Crippen LogP) is 2.86. The lowest BCUT2D eigenvalue weighted by molar-refractivity contribution is -0.139. The highest BCUT2D eigenvalue weighted by molar-refractivity contribution is 5.83. The van der Waals surface area contributed by atoms with E-state index in [9.17, 15) is 9.59 Å². The minimum atomic E-state index is -0.548. The van der Waals surface area contributed by atoms with Crippen LogP contribution in [0.15, 0.2) is 43.0 Å². The minimum Gasteiger partial charge on any atom is -0.444 e. The monoisotopic (exact) mass is 289 g/mol. The van der Waals surface area contributed by atoms with Crippen molar-refractivity contribution in [2.45, 2.75) is 31.9 Å². The summed E-state index contributed by atoms with van der Waals surface area (Å²) in [6.45, 7) is 3.79. The molecule has 112 valence electrons. The first-order valence-corrected chi connectivity index (χ1v) is 6.97. The number of cyclic esters (lactones) is 1. The van der Waals surface area contributed by atoms with Gasteiger partial charge in [-0.25, -0.2) is 9.59 Å². The fourth-order valence-electron chi connectivity index (χ4n) is 2.16. The summed E-state index contributed by atoms with van der Waals surface area (Å²) in [5.74, 6) is -0.365. The number of benzene rings is 1. The second-order valence-electron chi connectivity index (χ2n) is 4.84. The molecule has 1 aromatic rings. The molecule has 0 spiro atoms. The van der Waals surface area contributed by atoms with Crippen LogP contribution in [0.1, 0.15) is 24.8 Å². The largest absolute Gasteiger partial charge is 0.444 e. The predicted molar refractivity (Wildman–Crippen MR) is 77.3 cm³/mol. The lowest BCUT2D eigenvalue weighted by Crippen LogP contribution is -2.38. The van der Waals surface area contributed by atoms with Crippen molar-refractivity contribution in [3.8, 4) is 0 Å². The van der Waals surface area contributed by atoms with E-state index < -0.39 is 12.1 Å². The minimum absolute atomic E-state index is 0.0365. The molecule has 1 saturated heterocycles. The van der Waals surface area contributed by atoms with Gasteiger partial charge in [-0.1, -0.05) is 36.4 Å². The maximum absolute atomic E-state index is 12.1. The zero-order valence-corrected chi connectivity index (χ0v) is 11.9. The quantitative estimate of drug-likeness (QED) is 0.459. The molecular formula is C16H19NO4. The van der Waals surface area contributed by atoms with Crippen LogP contribution in [0, 0.1) is 0 Å². The maximum atomic E-state index is 12.1. The number of rotatable bonds is 6. The summed E-state index contributed by atoms with van der Waals surface area (Å²) in [4.78, 5) is 25.1. The summed E-state index contributed by atoms with van der Waals surface area (Å²) < 4.78 is 10.2. The Hall–Kier alpha value is -2.30. The Morgan fingerprint density at radius 1 is 1.43 bits per heavy atom. The van der Waals surface area contributed by atoms with Crippen LogP contribution in [-0.2, 0) is 20.9 Å². The van der Waals surface area contributed by atoms with Gasteiger partial charge in [0.25, 0.3) is 0 Å². The van der Waals surface area contributed by atoms with E-state index in [1.807, 2.05) is 30.3 Å². The molecule has 0 radical (unpaired) electrons. The van der Waals surface area contributed by atoms with E-state index in [0.29, 0.717) is 6.42 Å². The Balaban J connectivity index is 1.87. The summed E-state index contributed by atoms with van der Waals surface area (Å²) >= 11 is 0. The van der Waals surface area contributed by atoms with E-state index in [1.165, 1.54) is 4.90 Å². The molecule has 0 unspecified atom stereocenters. The maximum Gasteiger partial charge on any atom is 0.413 e. The SMILES string of the molecule is C=CCCC[C@H]1C(=O)OCN1C(=O)OCc1ccccc1. The Bertz CT molecular complexity index is 500. The standard InChI is InChI=1S/C16H19NO4/c1-2-3-5-10-14-15(18)21-12-17(14)16(19)20-11-13-8-6-4-7-9-13/h2,4,6-9,14H,1,3,5,10-12H2/t14-/m0/s1. The number of hydrogen-bond acceptors (Lipinski definition) is 4. The van der Waals surface area contributed by atoms with E-state index in [2.05, 4.69) is 6.58 Å². The molecule has 0 N–H and O–H groups in total. The average molecular weight is 289 g/mol. The van der Waals surface area contributed by atoms with Crippen molar-refractivity contribution < 1.29 is 19.1 Å². The van der Waals surface area contributed by atoms with Gasteiger partial charge < -0.3 is 9.47 Å². The first kappa shape index (κ1) is 15.1. The van der Waals surface area contributed by atoms with Crippen LogP contribution in [0.2, 0.25) is 0 Å². The molecule has 1 atom stereocenters. The molecule has 2 rings (SSSR count). The number of carbonyl (C=O) groups is 2. The van der Waals surface area contributed by atoms with E-state index in [1.54, 1.807) is 6.08 Å². The van der Waals surface area contributed by atoms with Gasteiger partial charge in [0.15, 0.2) is 6.73 Å². The number of allylic oxidation sites excluding steroid dienone is 1. The summed E-state index contributed by atoms with van der Waals surface area (Å²) in [6.07, 6.45) is 3.42. The van der Waals surface area contributed by atoms with Gasteiger partial charge in [0, 0.05) is 0 Å². The highest BCUT2D eigenvalue weighted by Crippen LogP contribution is 2.19. The van der Waals surface area contributed by atoms with Crippen LogP contribution in [0.25, 0.3) is 0 Å². The fraction of sp³-hybridized carbons (Fsp3) is 0.375. The number of nitrogens with zero attached hydrogens (tertiary/aromatic N) is 1. The van der Waals surface area contributed by atoms with Gasteiger partial charge in [-0.15, -0.1) is 6.58 Å². The zero-order valence-electron chi connectivity index (χ0n) is 11.9. The fourth-order valence-corrected chi connectivity index (χ4v) is 2.16. The van der Waals surface area contributed by atoms with Gasteiger partial charge in [0.05, 0.1) is 0 Å². The third kappa shape index (κ3) is 4.08. The van der Waals surface area contributed by atoms with Crippen LogP contribution >= 0.6 is 0 Å². The van der Waals surface area contributed by atoms with Gasteiger partial charge >= 0.3 is 12.1 Å². The average Bonchev–Trinajstić information content (AvgIpc) is 2.87. The van der Waals surface area contributed by atoms with Crippen LogP contribution in [0.5, 0.6) is 0 Å². The lowest BCUT2D eigenvalue weighted by atomic mass is 10.1. The van der Waals surface area contributed by atoms with Crippen LogP contribution in [0.3, 0.4) is 0 Å². The van der Waals surface area contributed by atoms with E-state index in [4.69, 9.17) is 9.47 Å². The molecular weight excluding hydrogens is 270 g/mol. The lowest BCUT2D eigenvalue weighted by Gasteiger charge is -2.19. The first-order valence-electron chi connectivity index (χ1n) is 6.97. The second kappa shape index (κ2) is 7.47. The number of amides is 1. The highest BCUT2D eigenvalue weighted by Gasteiger charge is 2.38. The Labute approximate surface area is 124 Å². The number of unbranched alkanes of at least 4 members (excludes halogenated alkanes) is 1. The molecule has 0 aromatic heterocycles. The normalized spacial score (nSPS) is 17.4. The summed E-state index contributed by atoms with van der Waals surface area (Å²) in [6, 6.07) is 8.86. The molecule has 0 bridgehead atoms. The van der Waals surface area contributed by atoms with Crippen molar-refractivity contribution in [3.05, 3.63) is 48.6 Å². The van der Waals surface area contributed by atoms with E-state index in [0.717, 1.165) is 18.4 Å². The molecule has 21 heavy (non-hydrogen) atoms. The van der Waals surface area contributed by atoms with Gasteiger partial charge in [-0.3, -0.25) is 4.90 Å². The van der Waals surface area contributed by atoms with E-state index in [-0.39, 0.29) is 19.3 Å². The van der Waals surface area contributed by atoms with Crippen molar-refractivity contribution in [1.82, 2.24) is 4.90 Å². The third-order valence-electron chi connectivity index (χ3n) is 3.32. The van der Waals surface area contributed by atoms with Gasteiger partial charge in [0.2, 0.25) is 0 Å². The van der Waals surface area contributed by atoms with Crippen LogP contribution in [0.4, 0.5) is 4.79 Å². The summed E-state index contributed by atoms with van der Waals surface area (Å²) in [7, 11) is 0.